The summed E-state index contributed by atoms with van der Waals surface area (Å²) in [5.74, 6) is -1.25. The number of methoxy groups -OCH3 is 1. The summed E-state index contributed by atoms with van der Waals surface area (Å²) in [5.41, 5.74) is 1.10. The van der Waals surface area contributed by atoms with Gasteiger partial charge in [0, 0.05) is 13.1 Å². The Kier molecular flexibility index (Phi) is 4.49. The monoisotopic (exact) mass is 385 g/mol. The fraction of sp³-hybridized carbons (Fsp3) is 0.211. The number of fused-ring (bicyclic) bond motifs is 1. The van der Waals surface area contributed by atoms with Crippen molar-refractivity contribution >= 4 is 44.2 Å². The first-order valence-corrected chi connectivity index (χ1v) is 9.16. The molecule has 0 saturated carbocycles. The minimum atomic E-state index is -0.502. The number of rotatable bonds is 4. The summed E-state index contributed by atoms with van der Waals surface area (Å²) < 4.78 is 19.3. The van der Waals surface area contributed by atoms with Crippen LogP contribution in [-0.2, 0) is 9.53 Å². The number of para-hydroxylation sites is 2. The van der Waals surface area contributed by atoms with Gasteiger partial charge in [0.1, 0.15) is 11.3 Å². The van der Waals surface area contributed by atoms with E-state index in [1.165, 1.54) is 24.5 Å². The van der Waals surface area contributed by atoms with Crippen LogP contribution in [0.25, 0.3) is 10.2 Å². The van der Waals surface area contributed by atoms with Crippen molar-refractivity contribution in [1.29, 1.82) is 0 Å². The number of amides is 1. The van der Waals surface area contributed by atoms with Crippen molar-refractivity contribution < 1.29 is 18.7 Å². The molecule has 0 radical (unpaired) electrons. The van der Waals surface area contributed by atoms with Crippen molar-refractivity contribution in [2.24, 2.45) is 5.92 Å². The molecular weight excluding hydrogens is 369 g/mol. The van der Waals surface area contributed by atoms with Crippen LogP contribution in [0.1, 0.15) is 10.4 Å². The first-order valence-electron chi connectivity index (χ1n) is 8.35. The number of aromatic nitrogens is 1. The summed E-state index contributed by atoms with van der Waals surface area (Å²) in [6.07, 6.45) is 0. The second-order valence-corrected chi connectivity index (χ2v) is 7.22. The Balaban J connectivity index is 1.43. The number of carbonyl (C=O) groups is 2. The third-order valence-electron chi connectivity index (χ3n) is 4.47. The lowest BCUT2D eigenvalue weighted by Gasteiger charge is -2.38. The van der Waals surface area contributed by atoms with Crippen LogP contribution in [0.4, 0.5) is 15.2 Å². The van der Waals surface area contributed by atoms with Gasteiger partial charge in [-0.05, 0) is 24.3 Å². The van der Waals surface area contributed by atoms with E-state index in [1.807, 2.05) is 11.0 Å². The maximum atomic E-state index is 13.8. The molecule has 0 atom stereocenters. The number of benzene rings is 2. The van der Waals surface area contributed by atoms with E-state index in [-0.39, 0.29) is 17.6 Å². The Morgan fingerprint density at radius 3 is 2.74 bits per heavy atom. The van der Waals surface area contributed by atoms with Crippen molar-refractivity contribution in [3.05, 3.63) is 53.8 Å². The van der Waals surface area contributed by atoms with Crippen LogP contribution in [-0.4, -0.2) is 37.1 Å². The number of hydrogen-bond acceptors (Lipinski definition) is 6. The Morgan fingerprint density at radius 1 is 1.22 bits per heavy atom. The highest BCUT2D eigenvalue weighted by Gasteiger charge is 2.35. The first-order chi connectivity index (χ1) is 13.1. The van der Waals surface area contributed by atoms with Gasteiger partial charge in [-0.25, -0.2) is 14.2 Å². The molecule has 2 heterocycles. The predicted octanol–water partition coefficient (Wildman–Crippen LogP) is 3.30. The van der Waals surface area contributed by atoms with E-state index in [2.05, 4.69) is 10.3 Å². The van der Waals surface area contributed by atoms with Gasteiger partial charge in [-0.2, -0.15) is 0 Å². The highest BCUT2D eigenvalue weighted by molar-refractivity contribution is 7.22. The molecule has 0 bridgehead atoms. The third-order valence-corrected chi connectivity index (χ3v) is 5.55. The number of nitrogens with one attached hydrogen (secondary N) is 1. The van der Waals surface area contributed by atoms with Crippen molar-refractivity contribution in [3.8, 4) is 0 Å². The largest absolute Gasteiger partial charge is 0.465 e. The zero-order valence-corrected chi connectivity index (χ0v) is 15.3. The summed E-state index contributed by atoms with van der Waals surface area (Å²) >= 11 is 1.40. The van der Waals surface area contributed by atoms with Gasteiger partial charge in [0.2, 0.25) is 5.91 Å². The molecule has 1 aromatic heterocycles. The lowest BCUT2D eigenvalue weighted by molar-refractivity contribution is -0.120. The Morgan fingerprint density at radius 2 is 2.00 bits per heavy atom. The average molecular weight is 385 g/mol. The van der Waals surface area contributed by atoms with E-state index in [1.54, 1.807) is 30.3 Å². The van der Waals surface area contributed by atoms with E-state index in [4.69, 9.17) is 4.74 Å². The van der Waals surface area contributed by atoms with Gasteiger partial charge in [0.15, 0.2) is 5.13 Å². The Labute approximate surface area is 158 Å². The molecule has 8 heteroatoms. The summed E-state index contributed by atoms with van der Waals surface area (Å²) in [5, 5.41) is 3.49. The van der Waals surface area contributed by atoms with Gasteiger partial charge in [-0.15, -0.1) is 0 Å². The molecule has 1 fully saturated rings. The van der Waals surface area contributed by atoms with Crippen LogP contribution in [0.15, 0.2) is 42.5 Å². The zero-order valence-electron chi connectivity index (χ0n) is 14.4. The van der Waals surface area contributed by atoms with Gasteiger partial charge < -0.3 is 15.0 Å². The molecule has 4 rings (SSSR count). The lowest BCUT2D eigenvalue weighted by atomic mass is 9.99. The van der Waals surface area contributed by atoms with E-state index < -0.39 is 5.97 Å². The normalized spacial score (nSPS) is 14.1. The zero-order chi connectivity index (χ0) is 19.0. The molecule has 138 valence electrons. The summed E-state index contributed by atoms with van der Waals surface area (Å²) in [6.45, 7) is 0.987. The van der Waals surface area contributed by atoms with Gasteiger partial charge in [-0.3, -0.25) is 4.79 Å². The quantitative estimate of drug-likeness (QED) is 0.698. The maximum absolute atomic E-state index is 13.8. The number of thiazole rings is 1. The number of esters is 1. The van der Waals surface area contributed by atoms with E-state index in [0.717, 1.165) is 4.70 Å². The highest BCUT2D eigenvalue weighted by Crippen LogP contribution is 2.34. The van der Waals surface area contributed by atoms with Gasteiger partial charge in [0.05, 0.1) is 29.0 Å². The molecule has 2 aromatic carbocycles. The molecule has 1 saturated heterocycles. The van der Waals surface area contributed by atoms with Crippen molar-refractivity contribution in [2.45, 2.75) is 0 Å². The number of carbonyl (C=O) groups excluding carboxylic acids is 2. The molecule has 0 unspecified atom stereocenters. The molecule has 27 heavy (non-hydrogen) atoms. The van der Waals surface area contributed by atoms with Crippen LogP contribution < -0.4 is 10.2 Å². The summed E-state index contributed by atoms with van der Waals surface area (Å²) in [6, 6.07) is 11.6. The van der Waals surface area contributed by atoms with E-state index in [9.17, 15) is 14.0 Å². The molecule has 1 amide bonds. The molecule has 0 spiro atoms. The maximum Gasteiger partial charge on any atom is 0.339 e. The second kappa shape index (κ2) is 6.96. The molecule has 1 aliphatic heterocycles. The predicted molar refractivity (Wildman–Crippen MR) is 102 cm³/mol. The van der Waals surface area contributed by atoms with E-state index in [0.29, 0.717) is 35.0 Å². The molecule has 1 aliphatic rings. The standard InChI is InChI=1S/C19H16FN3O3S/c1-26-18(25)12-5-2-3-7-14(12)21-17(24)11-9-23(10-11)19-22-16-13(20)6-4-8-15(16)27-19/h2-8,11H,9-10H2,1H3,(H,21,24). The average Bonchev–Trinajstić information content (AvgIpc) is 3.05. The molecule has 6 nitrogen and oxygen atoms in total. The molecule has 0 aliphatic carbocycles. The fourth-order valence-electron chi connectivity index (χ4n) is 2.95. The number of halogens is 1. The van der Waals surface area contributed by atoms with Crippen LogP contribution in [0.5, 0.6) is 0 Å². The van der Waals surface area contributed by atoms with Crippen molar-refractivity contribution in [1.82, 2.24) is 4.98 Å². The molecule has 1 N–H and O–H groups in total. The van der Waals surface area contributed by atoms with Crippen LogP contribution in [0, 0.1) is 11.7 Å². The smallest absolute Gasteiger partial charge is 0.339 e. The van der Waals surface area contributed by atoms with Crippen molar-refractivity contribution in [3.63, 3.8) is 0 Å². The SMILES string of the molecule is COC(=O)c1ccccc1NC(=O)C1CN(c2nc3c(F)cccc3s2)C1. The lowest BCUT2D eigenvalue weighted by Crippen LogP contribution is -2.52. The fourth-order valence-corrected chi connectivity index (χ4v) is 3.95. The van der Waals surface area contributed by atoms with Crippen LogP contribution in [0.2, 0.25) is 0 Å². The Hall–Kier alpha value is -3.00. The first kappa shape index (κ1) is 17.4. The number of nitrogens with zero attached hydrogens (tertiary/aromatic N) is 2. The second-order valence-electron chi connectivity index (χ2n) is 6.21. The number of ether oxygens (including phenoxy) is 1. The highest BCUT2D eigenvalue weighted by atomic mass is 32.1. The topological polar surface area (TPSA) is 71.5 Å². The van der Waals surface area contributed by atoms with Crippen LogP contribution >= 0.6 is 11.3 Å². The van der Waals surface area contributed by atoms with E-state index >= 15 is 0 Å². The van der Waals surface area contributed by atoms with Crippen LogP contribution in [0.3, 0.4) is 0 Å². The third kappa shape index (κ3) is 3.23. The number of anilines is 2. The van der Waals surface area contributed by atoms with Gasteiger partial charge in [-0.1, -0.05) is 29.5 Å². The minimum Gasteiger partial charge on any atom is -0.465 e. The Bertz CT molecular complexity index is 1030. The minimum absolute atomic E-state index is 0.171. The number of hydrogen-bond donors (Lipinski definition) is 1. The van der Waals surface area contributed by atoms with Crippen molar-refractivity contribution in [2.75, 3.05) is 30.4 Å². The molecule has 3 aromatic rings. The van der Waals surface area contributed by atoms with Gasteiger partial charge in [0.25, 0.3) is 0 Å². The summed E-state index contributed by atoms with van der Waals surface area (Å²) in [4.78, 5) is 30.6. The molecular formula is C19H16FN3O3S. The van der Waals surface area contributed by atoms with Gasteiger partial charge >= 0.3 is 5.97 Å². The summed E-state index contributed by atoms with van der Waals surface area (Å²) in [7, 11) is 1.30.